The van der Waals surface area contributed by atoms with Gasteiger partial charge in [-0.25, -0.2) is 13.8 Å². The van der Waals surface area contributed by atoms with Crippen molar-refractivity contribution < 1.29 is 18.6 Å². The van der Waals surface area contributed by atoms with Crippen molar-refractivity contribution in [3.63, 3.8) is 0 Å². The minimum absolute atomic E-state index is 0.137. The fourth-order valence-electron chi connectivity index (χ4n) is 4.84. The smallest absolute Gasteiger partial charge is 0.137 e. The van der Waals surface area contributed by atoms with Gasteiger partial charge in [-0.3, -0.25) is 9.97 Å². The molecule has 0 saturated carbocycles. The summed E-state index contributed by atoms with van der Waals surface area (Å²) in [6.45, 7) is 4.49. The van der Waals surface area contributed by atoms with E-state index in [9.17, 15) is 9.50 Å². The Bertz CT molecular complexity index is 1660. The average molecular weight is 526 g/mol. The fourth-order valence-corrected chi connectivity index (χ4v) is 4.84. The highest BCUT2D eigenvalue weighted by Gasteiger charge is 2.21. The number of hydrogen-bond donors (Lipinski definition) is 2. The maximum absolute atomic E-state index is 15.4. The number of fused-ring (bicyclic) bond motifs is 1. The van der Waals surface area contributed by atoms with E-state index in [0.717, 1.165) is 17.3 Å². The van der Waals surface area contributed by atoms with E-state index >= 15 is 4.39 Å². The SMILES string of the molecule is Cc1c(-c2ccccn2)nc2cc(F)cc(F)c2c1Nc1cc(N2CCOCC2)cnc1-c1ccc(O)cc1. The van der Waals surface area contributed by atoms with Gasteiger partial charge in [0, 0.05) is 42.5 Å². The lowest BCUT2D eigenvalue weighted by Crippen LogP contribution is -2.36. The molecule has 0 unspecified atom stereocenters. The minimum Gasteiger partial charge on any atom is -0.508 e. The van der Waals surface area contributed by atoms with Crippen molar-refractivity contribution in [1.82, 2.24) is 15.0 Å². The van der Waals surface area contributed by atoms with Gasteiger partial charge in [-0.15, -0.1) is 0 Å². The first-order valence-electron chi connectivity index (χ1n) is 12.6. The highest BCUT2D eigenvalue weighted by molar-refractivity contribution is 5.99. The number of ether oxygens (including phenoxy) is 1. The molecule has 0 atom stereocenters. The highest BCUT2D eigenvalue weighted by Crippen LogP contribution is 2.39. The monoisotopic (exact) mass is 525 g/mol. The first-order chi connectivity index (χ1) is 19.0. The molecule has 0 bridgehead atoms. The summed E-state index contributed by atoms with van der Waals surface area (Å²) in [5.41, 5.74) is 5.24. The zero-order valence-electron chi connectivity index (χ0n) is 21.2. The van der Waals surface area contributed by atoms with Crippen LogP contribution in [-0.2, 0) is 4.74 Å². The molecule has 0 radical (unpaired) electrons. The van der Waals surface area contributed by atoms with Crippen molar-refractivity contribution in [2.45, 2.75) is 6.92 Å². The van der Waals surface area contributed by atoms with Crippen molar-refractivity contribution >= 4 is 28.0 Å². The Morgan fingerprint density at radius 1 is 0.949 bits per heavy atom. The number of nitrogens with zero attached hydrogens (tertiary/aromatic N) is 4. The van der Waals surface area contributed by atoms with Gasteiger partial charge in [0.25, 0.3) is 0 Å². The minimum atomic E-state index is -0.723. The first kappa shape index (κ1) is 24.7. The Hall–Kier alpha value is -4.63. The van der Waals surface area contributed by atoms with Crippen LogP contribution in [0.4, 0.5) is 25.8 Å². The van der Waals surface area contributed by atoms with E-state index < -0.39 is 11.6 Å². The van der Waals surface area contributed by atoms with Gasteiger partial charge < -0.3 is 20.1 Å². The summed E-state index contributed by atoms with van der Waals surface area (Å²) in [5.74, 6) is -1.30. The van der Waals surface area contributed by atoms with Crippen molar-refractivity contribution in [3.05, 3.63) is 90.3 Å². The second-order valence-electron chi connectivity index (χ2n) is 9.32. The lowest BCUT2D eigenvalue weighted by molar-refractivity contribution is 0.122. The molecule has 39 heavy (non-hydrogen) atoms. The number of hydrogen-bond acceptors (Lipinski definition) is 7. The van der Waals surface area contributed by atoms with Crippen LogP contribution in [0.1, 0.15) is 5.56 Å². The summed E-state index contributed by atoms with van der Waals surface area (Å²) >= 11 is 0. The number of morpholine rings is 1. The summed E-state index contributed by atoms with van der Waals surface area (Å²) < 4.78 is 35.2. The molecule has 5 aromatic rings. The predicted octanol–water partition coefficient (Wildman–Crippen LogP) is 6.23. The molecule has 2 N–H and O–H groups in total. The van der Waals surface area contributed by atoms with E-state index in [1.54, 1.807) is 42.7 Å². The second kappa shape index (κ2) is 10.3. The molecule has 1 fully saturated rings. The van der Waals surface area contributed by atoms with Gasteiger partial charge in [-0.05, 0) is 49.4 Å². The number of anilines is 3. The third-order valence-electron chi connectivity index (χ3n) is 6.80. The number of rotatable bonds is 5. The molecule has 1 aliphatic heterocycles. The van der Waals surface area contributed by atoms with Crippen molar-refractivity contribution in [2.75, 3.05) is 36.5 Å². The maximum atomic E-state index is 15.4. The van der Waals surface area contributed by atoms with Crippen molar-refractivity contribution in [1.29, 1.82) is 0 Å². The van der Waals surface area contributed by atoms with Gasteiger partial charge in [-0.1, -0.05) is 6.07 Å². The van der Waals surface area contributed by atoms with Crippen LogP contribution in [0.3, 0.4) is 0 Å². The number of aromatic nitrogens is 3. The number of phenolic OH excluding ortho intramolecular Hbond substituents is 1. The standard InChI is InChI=1S/C30H25F2N5O2/c1-18-28(24-4-2-3-9-33-24)35-25-15-20(31)14-23(32)27(25)29(18)36-26-16-21(37-10-12-39-13-11-37)17-34-30(26)19-5-7-22(38)8-6-19/h2-9,14-17,38H,10-13H2,1H3,(H,35,36). The van der Waals surface area contributed by atoms with Crippen LogP contribution >= 0.6 is 0 Å². The van der Waals surface area contributed by atoms with E-state index in [1.165, 1.54) is 6.07 Å². The fraction of sp³-hybridized carbons (Fsp3) is 0.167. The third kappa shape index (κ3) is 4.84. The number of nitrogens with one attached hydrogen (secondary N) is 1. The largest absolute Gasteiger partial charge is 0.508 e. The molecule has 3 aromatic heterocycles. The van der Waals surface area contributed by atoms with Crippen LogP contribution in [0.5, 0.6) is 5.75 Å². The molecular formula is C30H25F2N5O2. The van der Waals surface area contributed by atoms with Gasteiger partial charge in [0.2, 0.25) is 0 Å². The average Bonchev–Trinajstić information content (AvgIpc) is 2.95. The zero-order chi connectivity index (χ0) is 26.9. The summed E-state index contributed by atoms with van der Waals surface area (Å²) in [4.78, 5) is 16.0. The van der Waals surface area contributed by atoms with Gasteiger partial charge in [0.1, 0.15) is 17.4 Å². The van der Waals surface area contributed by atoms with Crippen molar-refractivity contribution in [3.8, 4) is 28.4 Å². The summed E-state index contributed by atoms with van der Waals surface area (Å²) in [7, 11) is 0. The Kier molecular flexibility index (Phi) is 6.50. The summed E-state index contributed by atoms with van der Waals surface area (Å²) in [6.07, 6.45) is 3.45. The molecule has 2 aromatic carbocycles. The van der Waals surface area contributed by atoms with E-state index in [-0.39, 0.29) is 16.7 Å². The Morgan fingerprint density at radius 2 is 1.74 bits per heavy atom. The predicted molar refractivity (Wildman–Crippen MR) is 147 cm³/mol. The normalized spacial score (nSPS) is 13.6. The number of phenols is 1. The van der Waals surface area contributed by atoms with E-state index in [4.69, 9.17) is 9.72 Å². The topological polar surface area (TPSA) is 83.4 Å². The van der Waals surface area contributed by atoms with Crippen LogP contribution < -0.4 is 10.2 Å². The van der Waals surface area contributed by atoms with Crippen LogP contribution in [-0.4, -0.2) is 46.4 Å². The van der Waals surface area contributed by atoms with Gasteiger partial charge >= 0.3 is 0 Å². The van der Waals surface area contributed by atoms with E-state index in [2.05, 4.69) is 20.2 Å². The summed E-state index contributed by atoms with van der Waals surface area (Å²) in [6, 6.07) is 16.2. The highest BCUT2D eigenvalue weighted by atomic mass is 19.1. The maximum Gasteiger partial charge on any atom is 0.137 e. The second-order valence-corrected chi connectivity index (χ2v) is 9.32. The van der Waals surface area contributed by atoms with Crippen molar-refractivity contribution in [2.24, 2.45) is 0 Å². The Balaban J connectivity index is 1.56. The number of aromatic hydroxyl groups is 1. The quantitative estimate of drug-likeness (QED) is 0.281. The molecule has 4 heterocycles. The van der Waals surface area contributed by atoms with Gasteiger partial charge in [0.15, 0.2) is 0 Å². The van der Waals surface area contributed by atoms with Crippen LogP contribution in [0.15, 0.2) is 73.1 Å². The molecule has 1 saturated heterocycles. The number of pyridine rings is 3. The summed E-state index contributed by atoms with van der Waals surface area (Å²) in [5, 5.41) is 13.4. The van der Waals surface area contributed by atoms with Gasteiger partial charge in [0.05, 0.1) is 64.5 Å². The molecule has 0 aliphatic carbocycles. The molecule has 196 valence electrons. The zero-order valence-corrected chi connectivity index (χ0v) is 21.2. The molecule has 0 amide bonds. The van der Waals surface area contributed by atoms with E-state index in [1.807, 2.05) is 25.1 Å². The molecule has 9 heteroatoms. The molecule has 6 rings (SSSR count). The Morgan fingerprint density at radius 3 is 2.49 bits per heavy atom. The molecule has 0 spiro atoms. The molecule has 1 aliphatic rings. The van der Waals surface area contributed by atoms with Crippen LogP contribution in [0.2, 0.25) is 0 Å². The van der Waals surface area contributed by atoms with Crippen LogP contribution in [0, 0.1) is 18.6 Å². The van der Waals surface area contributed by atoms with Crippen LogP contribution in [0.25, 0.3) is 33.5 Å². The van der Waals surface area contributed by atoms with Gasteiger partial charge in [-0.2, -0.15) is 0 Å². The Labute approximate surface area is 223 Å². The lowest BCUT2D eigenvalue weighted by atomic mass is 10.0. The lowest BCUT2D eigenvalue weighted by Gasteiger charge is -2.29. The first-order valence-corrected chi connectivity index (χ1v) is 12.6. The number of halogens is 2. The van der Waals surface area contributed by atoms with E-state index in [0.29, 0.717) is 60.3 Å². The molecule has 7 nitrogen and oxygen atoms in total. The number of benzene rings is 2. The third-order valence-corrected chi connectivity index (χ3v) is 6.80. The molecular weight excluding hydrogens is 500 g/mol.